The third-order valence-corrected chi connectivity index (χ3v) is 5.63. The fourth-order valence-corrected chi connectivity index (χ4v) is 3.83. The second kappa shape index (κ2) is 10.2. The van der Waals surface area contributed by atoms with E-state index in [1.807, 2.05) is 48.5 Å². The van der Waals surface area contributed by atoms with Gasteiger partial charge >= 0.3 is 0 Å². The third kappa shape index (κ3) is 5.00. The summed E-state index contributed by atoms with van der Waals surface area (Å²) in [5.74, 6) is 0.649. The van der Waals surface area contributed by atoms with Gasteiger partial charge in [0.05, 0.1) is 6.61 Å². The maximum Gasteiger partial charge on any atom is 0.221 e. The third-order valence-electron chi connectivity index (χ3n) is 3.95. The van der Waals surface area contributed by atoms with Crippen molar-refractivity contribution in [2.75, 3.05) is 20.3 Å². The van der Waals surface area contributed by atoms with Gasteiger partial charge in [0.25, 0.3) is 0 Å². The van der Waals surface area contributed by atoms with Gasteiger partial charge in [0.1, 0.15) is 11.8 Å². The Morgan fingerprint density at radius 1 is 0.786 bits per heavy atom. The molecule has 0 unspecified atom stereocenters. The molecule has 0 aliphatic rings. The number of hydrogen-bond donors (Lipinski definition) is 0. The van der Waals surface area contributed by atoms with Gasteiger partial charge in [0.15, 0.2) is 0 Å². The monoisotopic (exact) mass is 522 g/mol. The Labute approximate surface area is 185 Å². The van der Waals surface area contributed by atoms with E-state index in [1.165, 1.54) is 0 Å². The molecule has 0 bridgehead atoms. The molecule has 0 aliphatic carbocycles. The predicted molar refractivity (Wildman–Crippen MR) is 121 cm³/mol. The number of fused-ring (bicyclic) bond motifs is 2. The molecule has 4 nitrogen and oxygen atoms in total. The molecule has 0 saturated carbocycles. The van der Waals surface area contributed by atoms with E-state index in [0.717, 1.165) is 30.5 Å². The lowest BCUT2D eigenvalue weighted by Crippen LogP contribution is -2.05. The Morgan fingerprint density at radius 3 is 2.04 bits per heavy atom. The van der Waals surface area contributed by atoms with Crippen LogP contribution in [0.1, 0.15) is 0 Å². The van der Waals surface area contributed by atoms with E-state index in [2.05, 4.69) is 41.8 Å². The van der Waals surface area contributed by atoms with E-state index >= 15 is 0 Å². The van der Waals surface area contributed by atoms with Gasteiger partial charge in [-0.25, -0.2) is 9.97 Å². The average Bonchev–Trinajstić information content (AvgIpc) is 2.70. The molecule has 0 saturated heterocycles. The van der Waals surface area contributed by atoms with Crippen molar-refractivity contribution in [1.29, 1.82) is 0 Å². The van der Waals surface area contributed by atoms with Crippen molar-refractivity contribution in [2.45, 2.75) is 0 Å². The molecule has 7 heteroatoms. The van der Waals surface area contributed by atoms with Crippen molar-refractivity contribution in [3.05, 3.63) is 75.0 Å². The standard InChI is InChI=1S/C12H12BrNO2.C9H5BrClN/c1-15-7-8-16-12-10-3-2-4-11(13)9(10)5-6-14-12;10-8-3-1-2-7-6(8)4-5-12-9(7)11/h2-6H,7-8H2,1H3;1-5H. The second-order valence-corrected chi connectivity index (χ2v) is 7.80. The van der Waals surface area contributed by atoms with E-state index in [4.69, 9.17) is 21.1 Å². The molecule has 4 rings (SSSR count). The highest BCUT2D eigenvalue weighted by molar-refractivity contribution is 9.11. The van der Waals surface area contributed by atoms with Crippen LogP contribution in [0, 0.1) is 0 Å². The van der Waals surface area contributed by atoms with Crippen LogP contribution in [-0.2, 0) is 4.74 Å². The largest absolute Gasteiger partial charge is 0.475 e. The number of hydrogen-bond acceptors (Lipinski definition) is 4. The van der Waals surface area contributed by atoms with E-state index in [1.54, 1.807) is 19.5 Å². The molecule has 28 heavy (non-hydrogen) atoms. The Morgan fingerprint density at radius 2 is 1.39 bits per heavy atom. The van der Waals surface area contributed by atoms with Crippen LogP contribution < -0.4 is 4.74 Å². The lowest BCUT2D eigenvalue weighted by Gasteiger charge is -2.08. The Hall–Kier alpha value is -1.73. The summed E-state index contributed by atoms with van der Waals surface area (Å²) in [5, 5.41) is 4.73. The van der Waals surface area contributed by atoms with Gasteiger partial charge in [-0.2, -0.15) is 0 Å². The predicted octanol–water partition coefficient (Wildman–Crippen LogP) is 6.67. The van der Waals surface area contributed by atoms with Crippen LogP contribution in [0.25, 0.3) is 21.5 Å². The highest BCUT2D eigenvalue weighted by Crippen LogP contribution is 2.29. The van der Waals surface area contributed by atoms with Crippen LogP contribution in [0.4, 0.5) is 0 Å². The van der Waals surface area contributed by atoms with Crippen molar-refractivity contribution < 1.29 is 9.47 Å². The van der Waals surface area contributed by atoms with Gasteiger partial charge in [-0.05, 0) is 30.3 Å². The summed E-state index contributed by atoms with van der Waals surface area (Å²) >= 11 is 12.8. The zero-order chi connectivity index (χ0) is 19.9. The second-order valence-electron chi connectivity index (χ2n) is 5.73. The molecular formula is C21H17Br2ClN2O2. The molecule has 0 spiro atoms. The lowest BCUT2D eigenvalue weighted by molar-refractivity contribution is 0.144. The van der Waals surface area contributed by atoms with Gasteiger partial charge in [0.2, 0.25) is 5.88 Å². The number of pyridine rings is 2. The first kappa shape index (κ1) is 21.0. The maximum atomic E-state index is 5.90. The molecule has 144 valence electrons. The van der Waals surface area contributed by atoms with Crippen molar-refractivity contribution >= 4 is 65.0 Å². The zero-order valence-corrected chi connectivity index (χ0v) is 19.0. The van der Waals surface area contributed by atoms with Crippen molar-refractivity contribution in [2.24, 2.45) is 0 Å². The number of ether oxygens (including phenoxy) is 2. The van der Waals surface area contributed by atoms with Crippen LogP contribution in [0.5, 0.6) is 5.88 Å². The quantitative estimate of drug-likeness (QED) is 0.221. The minimum absolute atomic E-state index is 0.509. The van der Waals surface area contributed by atoms with Crippen LogP contribution in [0.15, 0.2) is 69.9 Å². The summed E-state index contributed by atoms with van der Waals surface area (Å²) < 4.78 is 12.6. The fraction of sp³-hybridized carbons (Fsp3) is 0.143. The fourth-order valence-electron chi connectivity index (χ4n) is 2.61. The van der Waals surface area contributed by atoms with Gasteiger partial charge in [-0.3, -0.25) is 0 Å². The Balaban J connectivity index is 0.000000167. The van der Waals surface area contributed by atoms with Gasteiger partial charge in [-0.15, -0.1) is 0 Å². The van der Waals surface area contributed by atoms with E-state index in [-0.39, 0.29) is 0 Å². The van der Waals surface area contributed by atoms with Gasteiger partial charge in [0, 0.05) is 50.0 Å². The molecule has 4 aromatic rings. The molecule has 2 aromatic heterocycles. The SMILES string of the molecule is COCCOc1nccc2c(Br)cccc12.Clc1nccc2c(Br)cccc12. The minimum atomic E-state index is 0.509. The first-order valence-corrected chi connectivity index (χ1v) is 10.4. The van der Waals surface area contributed by atoms with E-state index in [0.29, 0.717) is 24.2 Å². The van der Waals surface area contributed by atoms with Crippen LogP contribution >= 0.6 is 43.5 Å². The summed E-state index contributed by atoms with van der Waals surface area (Å²) in [6.45, 7) is 1.07. The molecule has 0 N–H and O–H groups in total. The summed E-state index contributed by atoms with van der Waals surface area (Å²) in [7, 11) is 1.65. The highest BCUT2D eigenvalue weighted by Gasteiger charge is 2.05. The van der Waals surface area contributed by atoms with Gasteiger partial charge in [-0.1, -0.05) is 61.7 Å². The number of halogens is 3. The smallest absolute Gasteiger partial charge is 0.221 e. The number of methoxy groups -OCH3 is 1. The maximum absolute atomic E-state index is 5.90. The number of nitrogens with zero attached hydrogens (tertiary/aromatic N) is 2. The highest BCUT2D eigenvalue weighted by atomic mass is 79.9. The topological polar surface area (TPSA) is 44.2 Å². The normalized spacial score (nSPS) is 10.6. The molecule has 2 aromatic carbocycles. The Kier molecular flexibility index (Phi) is 7.62. The molecule has 0 radical (unpaired) electrons. The number of rotatable bonds is 4. The minimum Gasteiger partial charge on any atom is -0.475 e. The molecular weight excluding hydrogens is 508 g/mol. The summed E-state index contributed by atoms with van der Waals surface area (Å²) in [4.78, 5) is 8.21. The zero-order valence-electron chi connectivity index (χ0n) is 15.0. The molecule has 2 heterocycles. The summed E-state index contributed by atoms with van der Waals surface area (Å²) in [6.07, 6.45) is 3.45. The van der Waals surface area contributed by atoms with Crippen molar-refractivity contribution in [1.82, 2.24) is 9.97 Å². The molecule has 0 amide bonds. The molecule has 0 aliphatic heterocycles. The average molecular weight is 525 g/mol. The van der Waals surface area contributed by atoms with Crippen molar-refractivity contribution in [3.63, 3.8) is 0 Å². The summed E-state index contributed by atoms with van der Waals surface area (Å²) in [6, 6.07) is 15.7. The molecule has 0 fully saturated rings. The number of benzene rings is 2. The van der Waals surface area contributed by atoms with Crippen LogP contribution in [-0.4, -0.2) is 30.3 Å². The van der Waals surface area contributed by atoms with Crippen LogP contribution in [0.3, 0.4) is 0 Å². The lowest BCUT2D eigenvalue weighted by atomic mass is 10.2. The van der Waals surface area contributed by atoms with Gasteiger partial charge < -0.3 is 9.47 Å². The van der Waals surface area contributed by atoms with Crippen LogP contribution in [0.2, 0.25) is 5.15 Å². The van der Waals surface area contributed by atoms with E-state index < -0.39 is 0 Å². The molecule has 0 atom stereocenters. The van der Waals surface area contributed by atoms with E-state index in [9.17, 15) is 0 Å². The Bertz CT molecular complexity index is 1050. The summed E-state index contributed by atoms with van der Waals surface area (Å²) in [5.41, 5.74) is 0. The number of aromatic nitrogens is 2. The van der Waals surface area contributed by atoms with Crippen molar-refractivity contribution in [3.8, 4) is 5.88 Å². The first-order valence-electron chi connectivity index (χ1n) is 8.45. The first-order chi connectivity index (χ1) is 13.6.